The van der Waals surface area contributed by atoms with Gasteiger partial charge in [0.05, 0.1) is 22.5 Å². The summed E-state index contributed by atoms with van der Waals surface area (Å²) in [6, 6.07) is 10.4. The van der Waals surface area contributed by atoms with Gasteiger partial charge in [-0.1, -0.05) is 98.1 Å². The molecule has 3 aromatic rings. The van der Waals surface area contributed by atoms with Crippen molar-refractivity contribution in [2.45, 2.75) is 52.4 Å². The smallest absolute Gasteiger partial charge is 0.250 e. The standard InChI is InChI=1S/C27H32Cl4N8/c1-3-5-7-13-39(14-8-6-4-2)27-35-25(37-32-17-19-9-11-21(28)15-23(19)30)34-26(36-27)38-33-18-20-10-12-22(29)16-24(20)31/h9-12,15-18H,3-8,13-14H2,1-2H3,(H2,34,35,36,37,38)/b32-17-,33-18-. The van der Waals surface area contributed by atoms with Crippen LogP contribution in [0.25, 0.3) is 0 Å². The van der Waals surface area contributed by atoms with Crippen molar-refractivity contribution in [2.75, 3.05) is 28.8 Å². The van der Waals surface area contributed by atoms with E-state index in [0.29, 0.717) is 37.2 Å². The minimum atomic E-state index is 0.263. The van der Waals surface area contributed by atoms with Gasteiger partial charge in [-0.3, -0.25) is 0 Å². The van der Waals surface area contributed by atoms with Gasteiger partial charge in [0.15, 0.2) is 0 Å². The van der Waals surface area contributed by atoms with Crippen molar-refractivity contribution in [2.24, 2.45) is 10.2 Å². The summed E-state index contributed by atoms with van der Waals surface area (Å²) in [4.78, 5) is 15.9. The Morgan fingerprint density at radius 3 is 1.56 bits per heavy atom. The lowest BCUT2D eigenvalue weighted by Crippen LogP contribution is -2.28. The number of rotatable bonds is 15. The van der Waals surface area contributed by atoms with Crippen LogP contribution in [0, 0.1) is 0 Å². The van der Waals surface area contributed by atoms with Crippen molar-refractivity contribution >= 4 is 76.7 Å². The molecule has 0 aliphatic carbocycles. The van der Waals surface area contributed by atoms with E-state index in [0.717, 1.165) is 51.6 Å². The quantitative estimate of drug-likeness (QED) is 0.102. The molecule has 0 unspecified atom stereocenters. The number of nitrogens with one attached hydrogen (secondary N) is 2. The molecule has 1 heterocycles. The van der Waals surface area contributed by atoms with Crippen molar-refractivity contribution < 1.29 is 0 Å². The number of halogens is 4. The molecule has 3 rings (SSSR count). The molecule has 2 aromatic carbocycles. The van der Waals surface area contributed by atoms with E-state index in [9.17, 15) is 0 Å². The lowest BCUT2D eigenvalue weighted by Gasteiger charge is -2.23. The molecule has 1 aromatic heterocycles. The number of benzene rings is 2. The van der Waals surface area contributed by atoms with Gasteiger partial charge in [-0.15, -0.1) is 0 Å². The number of aromatic nitrogens is 3. The molecule has 208 valence electrons. The highest BCUT2D eigenvalue weighted by atomic mass is 35.5. The van der Waals surface area contributed by atoms with Crippen molar-refractivity contribution in [3.63, 3.8) is 0 Å². The van der Waals surface area contributed by atoms with Crippen LogP contribution in [-0.4, -0.2) is 40.5 Å². The van der Waals surface area contributed by atoms with Gasteiger partial charge in [-0.2, -0.15) is 25.2 Å². The lowest BCUT2D eigenvalue weighted by molar-refractivity contribution is 0.625. The zero-order valence-electron chi connectivity index (χ0n) is 22.0. The van der Waals surface area contributed by atoms with Gasteiger partial charge in [0.25, 0.3) is 0 Å². The second-order valence-corrected chi connectivity index (χ2v) is 10.4. The molecule has 12 heteroatoms. The lowest BCUT2D eigenvalue weighted by atomic mass is 10.2. The van der Waals surface area contributed by atoms with Gasteiger partial charge in [0, 0.05) is 34.3 Å². The Labute approximate surface area is 249 Å². The van der Waals surface area contributed by atoms with Gasteiger partial charge < -0.3 is 4.90 Å². The fourth-order valence-electron chi connectivity index (χ4n) is 3.55. The average Bonchev–Trinajstić information content (AvgIpc) is 2.90. The normalized spacial score (nSPS) is 11.4. The predicted molar refractivity (Wildman–Crippen MR) is 166 cm³/mol. The first-order valence-corrected chi connectivity index (χ1v) is 14.4. The zero-order valence-corrected chi connectivity index (χ0v) is 25.0. The van der Waals surface area contributed by atoms with Crippen LogP contribution in [0.4, 0.5) is 17.8 Å². The first kappa shape index (κ1) is 30.9. The van der Waals surface area contributed by atoms with Crippen LogP contribution in [-0.2, 0) is 0 Å². The topological polar surface area (TPSA) is 90.7 Å². The molecule has 0 atom stereocenters. The Kier molecular flexibility index (Phi) is 13.0. The van der Waals surface area contributed by atoms with Crippen LogP contribution >= 0.6 is 46.4 Å². The third-order valence-corrected chi connectivity index (χ3v) is 6.76. The molecule has 8 nitrogen and oxygen atoms in total. The summed E-state index contributed by atoms with van der Waals surface area (Å²) in [5.74, 6) is 1.07. The Bertz CT molecular complexity index is 1180. The highest BCUT2D eigenvalue weighted by Crippen LogP contribution is 2.21. The number of anilines is 3. The van der Waals surface area contributed by atoms with Crippen LogP contribution < -0.4 is 15.8 Å². The number of nitrogens with zero attached hydrogens (tertiary/aromatic N) is 6. The van der Waals surface area contributed by atoms with Gasteiger partial charge in [0.2, 0.25) is 17.8 Å². The number of hydrogen-bond acceptors (Lipinski definition) is 8. The van der Waals surface area contributed by atoms with Crippen LogP contribution in [0.1, 0.15) is 63.5 Å². The van der Waals surface area contributed by atoms with Crippen LogP contribution in [0.3, 0.4) is 0 Å². The summed E-state index contributed by atoms with van der Waals surface area (Å²) < 4.78 is 0. The zero-order chi connectivity index (χ0) is 28.0. The summed E-state index contributed by atoms with van der Waals surface area (Å²) in [5, 5.41) is 10.6. The van der Waals surface area contributed by atoms with Crippen molar-refractivity contribution in [1.82, 2.24) is 15.0 Å². The summed E-state index contributed by atoms with van der Waals surface area (Å²) in [5.41, 5.74) is 7.18. The number of unbranched alkanes of at least 4 members (excludes halogenated alkanes) is 4. The first-order chi connectivity index (χ1) is 18.9. The third kappa shape index (κ3) is 10.4. The number of hydrogen-bond donors (Lipinski definition) is 2. The molecule has 0 spiro atoms. The minimum Gasteiger partial charge on any atom is -0.341 e. The van der Waals surface area contributed by atoms with E-state index in [1.165, 1.54) is 0 Å². The molecule has 0 amide bonds. The maximum atomic E-state index is 6.26. The molecule has 0 bridgehead atoms. The maximum Gasteiger partial charge on any atom is 0.250 e. The molecular weight excluding hydrogens is 578 g/mol. The Morgan fingerprint density at radius 2 is 1.15 bits per heavy atom. The number of hydrazone groups is 2. The van der Waals surface area contributed by atoms with E-state index in [-0.39, 0.29) is 11.9 Å². The first-order valence-electron chi connectivity index (χ1n) is 12.9. The van der Waals surface area contributed by atoms with Crippen molar-refractivity contribution in [3.8, 4) is 0 Å². The fourth-order valence-corrected chi connectivity index (χ4v) is 4.47. The minimum absolute atomic E-state index is 0.263. The van der Waals surface area contributed by atoms with Gasteiger partial charge >= 0.3 is 0 Å². The molecule has 0 radical (unpaired) electrons. The SMILES string of the molecule is CCCCCN(CCCCC)c1nc(N/N=C\c2ccc(Cl)cc2Cl)nc(N/N=C\c2ccc(Cl)cc2Cl)n1. The van der Waals surface area contributed by atoms with Crippen LogP contribution in [0.2, 0.25) is 20.1 Å². The van der Waals surface area contributed by atoms with Crippen molar-refractivity contribution in [1.29, 1.82) is 0 Å². The van der Waals surface area contributed by atoms with E-state index in [1.54, 1.807) is 48.8 Å². The Hall–Kier alpha value is -2.65. The summed E-state index contributed by atoms with van der Waals surface area (Å²) in [6.45, 7) is 6.05. The average molecular weight is 610 g/mol. The van der Waals surface area contributed by atoms with Gasteiger partial charge in [-0.25, -0.2) is 10.9 Å². The molecule has 39 heavy (non-hydrogen) atoms. The monoisotopic (exact) mass is 608 g/mol. The van der Waals surface area contributed by atoms with E-state index in [4.69, 9.17) is 46.4 Å². The highest BCUT2D eigenvalue weighted by molar-refractivity contribution is 6.36. The van der Waals surface area contributed by atoms with E-state index in [1.807, 2.05) is 0 Å². The summed E-state index contributed by atoms with van der Waals surface area (Å²) >= 11 is 24.5. The second kappa shape index (κ2) is 16.5. The molecule has 0 aliphatic rings. The fraction of sp³-hybridized carbons (Fsp3) is 0.370. The third-order valence-electron chi connectivity index (χ3n) is 5.63. The highest BCUT2D eigenvalue weighted by Gasteiger charge is 2.14. The maximum absolute atomic E-state index is 6.26. The van der Waals surface area contributed by atoms with Crippen LogP contribution in [0.15, 0.2) is 46.6 Å². The van der Waals surface area contributed by atoms with E-state index >= 15 is 0 Å². The largest absolute Gasteiger partial charge is 0.341 e. The molecule has 0 saturated carbocycles. The molecule has 2 N–H and O–H groups in total. The van der Waals surface area contributed by atoms with Crippen LogP contribution in [0.5, 0.6) is 0 Å². The predicted octanol–water partition coefficient (Wildman–Crippen LogP) is 8.56. The molecule has 0 saturated heterocycles. The Morgan fingerprint density at radius 1 is 0.692 bits per heavy atom. The molecular formula is C27H32Cl4N8. The summed E-state index contributed by atoms with van der Waals surface area (Å²) in [6.07, 6.45) is 9.76. The Balaban J connectivity index is 1.86. The molecule has 0 aliphatic heterocycles. The molecule has 0 fully saturated rings. The van der Waals surface area contributed by atoms with E-state index < -0.39 is 0 Å². The van der Waals surface area contributed by atoms with E-state index in [2.05, 4.69) is 54.8 Å². The second-order valence-electron chi connectivity index (χ2n) is 8.76. The summed E-state index contributed by atoms with van der Waals surface area (Å²) in [7, 11) is 0. The van der Waals surface area contributed by atoms with Gasteiger partial charge in [-0.05, 0) is 37.1 Å². The van der Waals surface area contributed by atoms with Crippen molar-refractivity contribution in [3.05, 3.63) is 67.6 Å². The van der Waals surface area contributed by atoms with Gasteiger partial charge in [0.1, 0.15) is 0 Å².